The fraction of sp³-hybridized carbons (Fsp3) is 0.312. The zero-order valence-corrected chi connectivity index (χ0v) is 24.8. The number of hydrogen-bond donors (Lipinski definition) is 0. The van der Waals surface area contributed by atoms with E-state index >= 15 is 0 Å². The molecule has 0 amide bonds. The van der Waals surface area contributed by atoms with Gasteiger partial charge in [-0.2, -0.15) is 4.98 Å². The summed E-state index contributed by atoms with van der Waals surface area (Å²) in [5, 5.41) is 0.652. The van der Waals surface area contributed by atoms with Crippen LogP contribution in [0.5, 0.6) is 0 Å². The summed E-state index contributed by atoms with van der Waals surface area (Å²) in [7, 11) is -2.10. The maximum absolute atomic E-state index is 14.3. The number of anilines is 2. The van der Waals surface area contributed by atoms with Crippen LogP contribution >= 0.6 is 0 Å². The summed E-state index contributed by atoms with van der Waals surface area (Å²) in [5.41, 5.74) is 4.62. The van der Waals surface area contributed by atoms with E-state index in [1.54, 1.807) is 18.2 Å². The Morgan fingerprint density at radius 1 is 1.12 bits per heavy atom. The quantitative estimate of drug-likeness (QED) is 0.188. The molecular weight excluding hydrogens is 557 g/mol. The zero-order chi connectivity index (χ0) is 29.8. The molecule has 10 heteroatoms. The number of aryl methyl sites for hydroxylation is 1. The van der Waals surface area contributed by atoms with Crippen molar-refractivity contribution in [3.05, 3.63) is 77.1 Å². The number of nitrogens with zero attached hydrogens (tertiary/aromatic N) is 3. The molecule has 2 aromatic heterocycles. The molecule has 0 radical (unpaired) electrons. The van der Waals surface area contributed by atoms with Crippen LogP contribution < -0.4 is 9.21 Å². The highest BCUT2D eigenvalue weighted by molar-refractivity contribution is 7.92. The van der Waals surface area contributed by atoms with Gasteiger partial charge in [0.1, 0.15) is 16.9 Å². The first-order valence-electron chi connectivity index (χ1n) is 14.0. The largest absolute Gasteiger partial charge is 0.455 e. The number of halogens is 1. The predicted octanol–water partition coefficient (Wildman–Crippen LogP) is 7.06. The van der Waals surface area contributed by atoms with Crippen LogP contribution in [0, 0.1) is 12.7 Å². The number of rotatable bonds is 7. The van der Waals surface area contributed by atoms with Gasteiger partial charge in [-0.3, -0.25) is 9.10 Å². The average molecular weight is 590 g/mol. The van der Waals surface area contributed by atoms with E-state index in [1.165, 1.54) is 17.4 Å². The third-order valence-electron chi connectivity index (χ3n) is 8.08. The normalized spacial score (nSPS) is 15.9. The van der Waals surface area contributed by atoms with E-state index in [-0.39, 0.29) is 17.2 Å². The Morgan fingerprint density at radius 3 is 2.57 bits per heavy atom. The molecule has 3 aromatic carbocycles. The van der Waals surface area contributed by atoms with Gasteiger partial charge in [-0.05, 0) is 43.5 Å². The van der Waals surface area contributed by atoms with E-state index in [0.29, 0.717) is 59.1 Å². The number of benzene rings is 3. The fourth-order valence-corrected chi connectivity index (χ4v) is 6.25. The number of carbonyl (C=O) groups is 1. The molecule has 1 aliphatic rings. The van der Waals surface area contributed by atoms with Crippen molar-refractivity contribution in [1.29, 1.82) is 0 Å². The van der Waals surface area contributed by atoms with Crippen LogP contribution in [0.25, 0.3) is 33.4 Å². The summed E-state index contributed by atoms with van der Waals surface area (Å²) >= 11 is 0. The van der Waals surface area contributed by atoms with Crippen molar-refractivity contribution >= 4 is 49.6 Å². The minimum absolute atomic E-state index is 0.0572. The number of oxazole rings is 1. The summed E-state index contributed by atoms with van der Waals surface area (Å²) in [6.07, 6.45) is 3.01. The monoisotopic (exact) mass is 589 g/mol. The van der Waals surface area contributed by atoms with Gasteiger partial charge in [0.2, 0.25) is 10.0 Å². The molecule has 6 rings (SSSR count). The zero-order valence-electron chi connectivity index (χ0n) is 24.0. The van der Waals surface area contributed by atoms with Crippen LogP contribution in [0.2, 0.25) is 0 Å². The van der Waals surface area contributed by atoms with Crippen molar-refractivity contribution < 1.29 is 26.4 Å². The second-order valence-corrected chi connectivity index (χ2v) is 13.0. The van der Waals surface area contributed by atoms with E-state index in [2.05, 4.69) is 4.98 Å². The molecule has 0 aliphatic carbocycles. The number of aromatic nitrogens is 1. The minimum Gasteiger partial charge on any atom is -0.455 e. The number of piperidine rings is 1. The topological polar surface area (TPSA) is 96.9 Å². The Kier molecular flexibility index (Phi) is 7.04. The molecule has 5 aromatic rings. The number of furan rings is 1. The van der Waals surface area contributed by atoms with Gasteiger partial charge in [0.25, 0.3) is 6.01 Å². The molecule has 1 saturated heterocycles. The number of ketones is 1. The van der Waals surface area contributed by atoms with Gasteiger partial charge in [-0.15, -0.1) is 0 Å². The highest BCUT2D eigenvalue weighted by Crippen LogP contribution is 2.43. The molecule has 0 bridgehead atoms. The van der Waals surface area contributed by atoms with Gasteiger partial charge >= 0.3 is 0 Å². The first-order chi connectivity index (χ1) is 20.0. The number of carbonyl (C=O) groups excluding carboxylic acids is 1. The molecule has 218 valence electrons. The number of Topliss-reactive ketones (excluding diaryl/α,β-unsaturated/α-hetero) is 1. The molecule has 1 atom stereocenters. The van der Waals surface area contributed by atoms with Crippen molar-refractivity contribution in [1.82, 2.24) is 4.98 Å². The SMILES string of the molecule is CCC(=O)c1c(-c2ccc(C)cc2)oc2cc(N(C)S(C)(=O)=O)c([C@@H]3CCCN(c4nc5c(F)cccc5o4)C3)cc12. The number of fused-ring (bicyclic) bond motifs is 2. The second kappa shape index (κ2) is 10.6. The van der Waals surface area contributed by atoms with E-state index < -0.39 is 15.8 Å². The minimum atomic E-state index is -3.62. The van der Waals surface area contributed by atoms with Crippen LogP contribution in [0.3, 0.4) is 0 Å². The molecule has 1 fully saturated rings. The Balaban J connectivity index is 1.50. The lowest BCUT2D eigenvalue weighted by atomic mass is 9.88. The first-order valence-corrected chi connectivity index (χ1v) is 15.8. The van der Waals surface area contributed by atoms with Gasteiger partial charge in [0.15, 0.2) is 17.2 Å². The van der Waals surface area contributed by atoms with Crippen LogP contribution in [0.4, 0.5) is 16.1 Å². The molecule has 3 heterocycles. The van der Waals surface area contributed by atoms with Gasteiger partial charge < -0.3 is 13.7 Å². The standard InChI is InChI=1S/C32H32FN3O5S/c1-5-26(37)29-23-16-22(21-8-7-15-36(18-21)32-34-30-24(33)9-6-10-27(30)41-32)25(35(3)42(4,38)39)17-28(23)40-31(29)20-13-11-19(2)12-14-20/h6,9-14,16-17,21H,5,7-8,15,18H2,1-4H3/t21-/m1/s1. The summed E-state index contributed by atoms with van der Waals surface area (Å²) in [4.78, 5) is 19.7. The maximum Gasteiger partial charge on any atom is 0.298 e. The predicted molar refractivity (Wildman–Crippen MR) is 162 cm³/mol. The van der Waals surface area contributed by atoms with Crippen molar-refractivity contribution in [2.24, 2.45) is 0 Å². The lowest BCUT2D eigenvalue weighted by Crippen LogP contribution is -2.35. The average Bonchev–Trinajstić information content (AvgIpc) is 3.58. The van der Waals surface area contributed by atoms with Gasteiger partial charge in [0, 0.05) is 49.5 Å². The lowest BCUT2D eigenvalue weighted by Gasteiger charge is -2.34. The maximum atomic E-state index is 14.3. The van der Waals surface area contributed by atoms with E-state index in [1.807, 2.05) is 49.1 Å². The molecule has 0 unspecified atom stereocenters. The third-order valence-corrected chi connectivity index (χ3v) is 9.27. The summed E-state index contributed by atoms with van der Waals surface area (Å²) < 4.78 is 53.4. The number of sulfonamides is 1. The van der Waals surface area contributed by atoms with Crippen molar-refractivity contribution in [2.75, 3.05) is 35.6 Å². The van der Waals surface area contributed by atoms with Crippen LogP contribution in [0.15, 0.2) is 63.4 Å². The molecule has 0 N–H and O–H groups in total. The molecule has 0 saturated carbocycles. The molecule has 1 aliphatic heterocycles. The Bertz CT molecular complexity index is 1930. The van der Waals surface area contributed by atoms with Gasteiger partial charge in [-0.1, -0.05) is 42.8 Å². The van der Waals surface area contributed by atoms with Crippen LogP contribution in [-0.4, -0.2) is 45.6 Å². The smallest absolute Gasteiger partial charge is 0.298 e. The van der Waals surface area contributed by atoms with Crippen LogP contribution in [0.1, 0.15) is 53.6 Å². The highest BCUT2D eigenvalue weighted by atomic mass is 32.2. The number of hydrogen-bond acceptors (Lipinski definition) is 7. The molecule has 8 nitrogen and oxygen atoms in total. The Morgan fingerprint density at radius 2 is 1.88 bits per heavy atom. The van der Waals surface area contributed by atoms with Gasteiger partial charge in [-0.25, -0.2) is 12.8 Å². The van der Waals surface area contributed by atoms with Crippen molar-refractivity contribution in [3.8, 4) is 11.3 Å². The molecule has 0 spiro atoms. The molecule has 42 heavy (non-hydrogen) atoms. The summed E-state index contributed by atoms with van der Waals surface area (Å²) in [6, 6.07) is 16.3. The third kappa shape index (κ3) is 4.93. The highest BCUT2D eigenvalue weighted by Gasteiger charge is 2.31. The summed E-state index contributed by atoms with van der Waals surface area (Å²) in [5.74, 6) is -0.153. The molecular formula is C32H32FN3O5S. The second-order valence-electron chi connectivity index (χ2n) is 11.0. The summed E-state index contributed by atoms with van der Waals surface area (Å²) in [6.45, 7) is 4.94. The van der Waals surface area contributed by atoms with Crippen molar-refractivity contribution in [2.45, 2.75) is 39.0 Å². The van der Waals surface area contributed by atoms with E-state index in [9.17, 15) is 17.6 Å². The van der Waals surface area contributed by atoms with Gasteiger partial charge in [0.05, 0.1) is 17.5 Å². The fourth-order valence-electron chi connectivity index (χ4n) is 5.73. The van der Waals surface area contributed by atoms with Crippen molar-refractivity contribution in [3.63, 3.8) is 0 Å². The first kappa shape index (κ1) is 28.0. The van der Waals surface area contributed by atoms with E-state index in [0.717, 1.165) is 35.8 Å². The Labute approximate surface area is 243 Å². The lowest BCUT2D eigenvalue weighted by molar-refractivity contribution is 0.0989. The number of para-hydroxylation sites is 1. The van der Waals surface area contributed by atoms with E-state index in [4.69, 9.17) is 8.83 Å². The Hall–Kier alpha value is -4.18. The van der Waals surface area contributed by atoms with Crippen LogP contribution in [-0.2, 0) is 10.0 Å².